The topological polar surface area (TPSA) is 85.8 Å². The van der Waals surface area contributed by atoms with Gasteiger partial charge in [-0.05, 0) is 48.9 Å². The summed E-state index contributed by atoms with van der Waals surface area (Å²) in [5.74, 6) is 1.12. The smallest absolute Gasteiger partial charge is 0.224 e. The van der Waals surface area contributed by atoms with Crippen LogP contribution in [0.25, 0.3) is 22.2 Å². The van der Waals surface area contributed by atoms with Gasteiger partial charge in [0.05, 0.1) is 5.39 Å². The van der Waals surface area contributed by atoms with Gasteiger partial charge in [-0.2, -0.15) is 0 Å². The number of carbonyl (C=O) groups is 1. The molecule has 1 aliphatic carbocycles. The SMILES string of the molecule is Cc1cc(NC(=O)CC2CCCCC2)ccc1-c1cn(C)c2ncnc(N)c12. The van der Waals surface area contributed by atoms with Gasteiger partial charge in [0.2, 0.25) is 5.91 Å². The zero-order chi connectivity index (χ0) is 19.7. The molecule has 4 rings (SSSR count). The molecule has 1 fully saturated rings. The van der Waals surface area contributed by atoms with E-state index in [1.807, 2.05) is 42.9 Å². The quantitative estimate of drug-likeness (QED) is 0.704. The molecule has 28 heavy (non-hydrogen) atoms. The molecule has 2 heterocycles. The molecule has 1 aromatic carbocycles. The van der Waals surface area contributed by atoms with Crippen LogP contribution in [0.3, 0.4) is 0 Å². The van der Waals surface area contributed by atoms with E-state index < -0.39 is 0 Å². The summed E-state index contributed by atoms with van der Waals surface area (Å²) in [7, 11) is 1.95. The molecule has 6 heteroatoms. The number of anilines is 2. The average Bonchev–Trinajstić information content (AvgIpc) is 3.00. The molecule has 146 valence electrons. The highest BCUT2D eigenvalue weighted by atomic mass is 16.1. The summed E-state index contributed by atoms with van der Waals surface area (Å²) in [5, 5.41) is 3.93. The standard InChI is InChI=1S/C22H27N5O/c1-14-10-16(26-19(28)11-15-6-4-3-5-7-15)8-9-17(14)18-12-27(2)22-20(18)21(23)24-13-25-22/h8-10,12-13,15H,3-7,11H2,1-2H3,(H,26,28)(H2,23,24,25). The number of nitrogens with zero attached hydrogens (tertiary/aromatic N) is 3. The van der Waals surface area contributed by atoms with Crippen molar-refractivity contribution < 1.29 is 4.79 Å². The van der Waals surface area contributed by atoms with Gasteiger partial charge in [-0.15, -0.1) is 0 Å². The molecule has 1 amide bonds. The fourth-order valence-corrected chi connectivity index (χ4v) is 4.35. The van der Waals surface area contributed by atoms with Crippen LogP contribution in [-0.4, -0.2) is 20.4 Å². The van der Waals surface area contributed by atoms with Crippen LogP contribution in [-0.2, 0) is 11.8 Å². The second-order valence-electron chi connectivity index (χ2n) is 7.90. The second kappa shape index (κ2) is 7.62. The first-order valence-corrected chi connectivity index (χ1v) is 9.99. The largest absolute Gasteiger partial charge is 0.383 e. The molecular formula is C22H27N5O. The van der Waals surface area contributed by atoms with E-state index in [9.17, 15) is 4.79 Å². The third kappa shape index (κ3) is 3.59. The van der Waals surface area contributed by atoms with Crippen LogP contribution in [0.15, 0.2) is 30.7 Å². The predicted octanol–water partition coefficient (Wildman–Crippen LogP) is 4.43. The zero-order valence-electron chi connectivity index (χ0n) is 16.5. The van der Waals surface area contributed by atoms with E-state index in [-0.39, 0.29) is 5.91 Å². The number of amides is 1. The maximum Gasteiger partial charge on any atom is 0.224 e. The molecule has 0 bridgehead atoms. The molecule has 1 saturated carbocycles. The number of aromatic nitrogens is 3. The third-order valence-corrected chi connectivity index (χ3v) is 5.78. The number of nitrogens with one attached hydrogen (secondary N) is 1. The van der Waals surface area contributed by atoms with Crippen molar-refractivity contribution >= 4 is 28.4 Å². The molecule has 2 aromatic heterocycles. The Kier molecular flexibility index (Phi) is 5.03. The summed E-state index contributed by atoms with van der Waals surface area (Å²) in [4.78, 5) is 20.9. The van der Waals surface area contributed by atoms with Crippen molar-refractivity contribution in [2.45, 2.75) is 45.4 Å². The highest BCUT2D eigenvalue weighted by Gasteiger charge is 2.18. The number of benzene rings is 1. The number of aryl methyl sites for hydroxylation is 2. The number of rotatable bonds is 4. The number of nitrogen functional groups attached to an aromatic ring is 1. The lowest BCUT2D eigenvalue weighted by Gasteiger charge is -2.21. The summed E-state index contributed by atoms with van der Waals surface area (Å²) in [6, 6.07) is 6.01. The first kappa shape index (κ1) is 18.5. The van der Waals surface area contributed by atoms with E-state index in [0.29, 0.717) is 18.2 Å². The Morgan fingerprint density at radius 2 is 2.00 bits per heavy atom. The fourth-order valence-electron chi connectivity index (χ4n) is 4.35. The summed E-state index contributed by atoms with van der Waals surface area (Å²) in [6.07, 6.45) is 10.3. The van der Waals surface area contributed by atoms with E-state index in [0.717, 1.165) is 33.4 Å². The summed E-state index contributed by atoms with van der Waals surface area (Å²) < 4.78 is 1.96. The van der Waals surface area contributed by atoms with Gasteiger partial charge in [-0.25, -0.2) is 9.97 Å². The summed E-state index contributed by atoms with van der Waals surface area (Å²) in [6.45, 7) is 2.05. The lowest BCUT2D eigenvalue weighted by molar-refractivity contribution is -0.117. The molecule has 3 N–H and O–H groups in total. The minimum Gasteiger partial charge on any atom is -0.383 e. The van der Waals surface area contributed by atoms with Crippen LogP contribution < -0.4 is 11.1 Å². The minimum atomic E-state index is 0.113. The van der Waals surface area contributed by atoms with Gasteiger partial charge in [0.15, 0.2) is 0 Å². The van der Waals surface area contributed by atoms with Crippen molar-refractivity contribution in [3.8, 4) is 11.1 Å². The first-order valence-electron chi connectivity index (χ1n) is 9.99. The Balaban J connectivity index is 1.56. The first-order chi connectivity index (χ1) is 13.5. The maximum atomic E-state index is 12.4. The summed E-state index contributed by atoms with van der Waals surface area (Å²) >= 11 is 0. The second-order valence-corrected chi connectivity index (χ2v) is 7.90. The highest BCUT2D eigenvalue weighted by molar-refractivity contribution is 6.01. The highest BCUT2D eigenvalue weighted by Crippen LogP contribution is 2.35. The van der Waals surface area contributed by atoms with Crippen LogP contribution in [0.4, 0.5) is 11.5 Å². The van der Waals surface area contributed by atoms with Crippen LogP contribution in [0.2, 0.25) is 0 Å². The molecule has 6 nitrogen and oxygen atoms in total. The lowest BCUT2D eigenvalue weighted by Crippen LogP contribution is -2.18. The van der Waals surface area contributed by atoms with Crippen LogP contribution in [0.1, 0.15) is 44.1 Å². The lowest BCUT2D eigenvalue weighted by atomic mass is 9.87. The molecule has 0 unspecified atom stereocenters. The van der Waals surface area contributed by atoms with Crippen LogP contribution >= 0.6 is 0 Å². The Bertz CT molecular complexity index is 1020. The van der Waals surface area contributed by atoms with Gasteiger partial charge in [-0.1, -0.05) is 25.3 Å². The Morgan fingerprint density at radius 1 is 1.21 bits per heavy atom. The van der Waals surface area contributed by atoms with Crippen LogP contribution in [0.5, 0.6) is 0 Å². The normalized spacial score (nSPS) is 15.1. The van der Waals surface area contributed by atoms with E-state index in [4.69, 9.17) is 5.73 Å². The Hall–Kier alpha value is -2.89. The van der Waals surface area contributed by atoms with E-state index in [2.05, 4.69) is 15.3 Å². The molecule has 0 atom stereocenters. The number of hydrogen-bond acceptors (Lipinski definition) is 4. The maximum absolute atomic E-state index is 12.4. The van der Waals surface area contributed by atoms with Gasteiger partial charge < -0.3 is 15.6 Å². The molecule has 1 aliphatic rings. The minimum absolute atomic E-state index is 0.113. The van der Waals surface area contributed by atoms with Gasteiger partial charge in [0.25, 0.3) is 0 Å². The van der Waals surface area contributed by atoms with Gasteiger partial charge in [0, 0.05) is 30.9 Å². The molecule has 0 radical (unpaired) electrons. The molecule has 3 aromatic rings. The van der Waals surface area contributed by atoms with Crippen molar-refractivity contribution in [3.05, 3.63) is 36.3 Å². The number of carbonyl (C=O) groups excluding carboxylic acids is 1. The van der Waals surface area contributed by atoms with Crippen molar-refractivity contribution in [2.24, 2.45) is 13.0 Å². The van der Waals surface area contributed by atoms with Crippen LogP contribution in [0, 0.1) is 12.8 Å². The van der Waals surface area contributed by atoms with Crippen molar-refractivity contribution in [3.63, 3.8) is 0 Å². The van der Waals surface area contributed by atoms with E-state index in [1.165, 1.54) is 38.4 Å². The summed E-state index contributed by atoms with van der Waals surface area (Å²) in [5.41, 5.74) is 10.9. The van der Waals surface area contributed by atoms with Gasteiger partial charge >= 0.3 is 0 Å². The number of nitrogens with two attached hydrogens (primary N) is 1. The average molecular weight is 377 g/mol. The van der Waals surface area contributed by atoms with Gasteiger partial charge in [-0.3, -0.25) is 4.79 Å². The van der Waals surface area contributed by atoms with E-state index >= 15 is 0 Å². The number of hydrogen-bond donors (Lipinski definition) is 2. The monoisotopic (exact) mass is 377 g/mol. The fraction of sp³-hybridized carbons (Fsp3) is 0.409. The van der Waals surface area contributed by atoms with E-state index in [1.54, 1.807) is 0 Å². The predicted molar refractivity (Wildman–Crippen MR) is 113 cm³/mol. The molecule has 0 aliphatic heterocycles. The molecular weight excluding hydrogens is 350 g/mol. The van der Waals surface area contributed by atoms with Gasteiger partial charge in [0.1, 0.15) is 17.8 Å². The van der Waals surface area contributed by atoms with Crippen molar-refractivity contribution in [1.82, 2.24) is 14.5 Å². The Labute approximate surface area is 165 Å². The molecule has 0 saturated heterocycles. The zero-order valence-corrected chi connectivity index (χ0v) is 16.5. The van der Waals surface area contributed by atoms with Crippen molar-refractivity contribution in [2.75, 3.05) is 11.1 Å². The van der Waals surface area contributed by atoms with Crippen molar-refractivity contribution in [1.29, 1.82) is 0 Å². The number of fused-ring (bicyclic) bond motifs is 1. The third-order valence-electron chi connectivity index (χ3n) is 5.78. The Morgan fingerprint density at radius 3 is 2.75 bits per heavy atom. The molecule has 0 spiro atoms.